The summed E-state index contributed by atoms with van der Waals surface area (Å²) in [5.41, 5.74) is 1.45. The predicted octanol–water partition coefficient (Wildman–Crippen LogP) is -5.07. The normalized spacial score (nSPS) is 17.4. The van der Waals surface area contributed by atoms with Crippen molar-refractivity contribution in [2.24, 2.45) is 0 Å². The Hall–Kier alpha value is -1.06. The molecule has 0 N–H and O–H groups in total. The SMILES string of the molecule is CC1=CC=C[C]1([Ti+3])[Si](c1ccccc1)(c1ccccc1)c1ccccc1.[Cl-].[Cl-].[Cl-]. The Kier molecular flexibility index (Phi) is 9.69. The first-order valence-corrected chi connectivity index (χ1v) is 11.8. The van der Waals surface area contributed by atoms with Gasteiger partial charge in [0.2, 0.25) is 0 Å². The molecule has 0 aliphatic heterocycles. The topological polar surface area (TPSA) is 0 Å². The summed E-state index contributed by atoms with van der Waals surface area (Å²) in [5.74, 6) is 0. The summed E-state index contributed by atoms with van der Waals surface area (Å²) in [7, 11) is -2.33. The van der Waals surface area contributed by atoms with E-state index in [0.717, 1.165) is 0 Å². The van der Waals surface area contributed by atoms with Crippen molar-refractivity contribution < 1.29 is 57.7 Å². The van der Waals surface area contributed by atoms with E-state index in [-0.39, 0.29) is 40.6 Å². The minimum absolute atomic E-state index is 0. The third kappa shape index (κ3) is 4.23. The molecule has 0 nitrogen and oxygen atoms in total. The Morgan fingerprint density at radius 1 is 0.621 bits per heavy atom. The number of allylic oxidation sites excluding steroid dienone is 4. The van der Waals surface area contributed by atoms with E-state index >= 15 is 0 Å². The van der Waals surface area contributed by atoms with Gasteiger partial charge in [0.05, 0.1) is 0 Å². The fourth-order valence-corrected chi connectivity index (χ4v) is 12.0. The fraction of sp³-hybridized carbons (Fsp3) is 0.0833. The molecule has 0 heterocycles. The van der Waals surface area contributed by atoms with Crippen molar-refractivity contribution in [2.75, 3.05) is 0 Å². The zero-order chi connectivity index (χ0) is 18.0. The van der Waals surface area contributed by atoms with E-state index in [9.17, 15) is 0 Å². The molecule has 0 radical (unpaired) electrons. The van der Waals surface area contributed by atoms with Gasteiger partial charge in [-0.1, -0.05) is 0 Å². The molecule has 0 bridgehead atoms. The fourth-order valence-electron chi connectivity index (χ4n) is 4.27. The van der Waals surface area contributed by atoms with Gasteiger partial charge in [-0.15, -0.1) is 0 Å². The first-order valence-electron chi connectivity index (χ1n) is 8.98. The van der Waals surface area contributed by atoms with E-state index in [2.05, 4.69) is 137 Å². The molecule has 1 aliphatic carbocycles. The Morgan fingerprint density at radius 3 is 1.24 bits per heavy atom. The molecule has 3 aromatic carbocycles. The smallest absolute Gasteiger partial charge is 1.00 e. The molecule has 4 rings (SSSR count). The summed E-state index contributed by atoms with van der Waals surface area (Å²) in [6, 6.07) is 33.4. The van der Waals surface area contributed by atoms with Crippen molar-refractivity contribution >= 4 is 23.6 Å². The number of halogens is 3. The number of hydrogen-bond donors (Lipinski definition) is 0. The number of rotatable bonds is 4. The summed E-state index contributed by atoms with van der Waals surface area (Å²) in [4.78, 5) is 0. The molecule has 0 fully saturated rings. The third-order valence-electron chi connectivity index (χ3n) is 5.53. The molecular formula is C24H21Cl3SiTi. The van der Waals surface area contributed by atoms with E-state index in [4.69, 9.17) is 0 Å². The Morgan fingerprint density at radius 2 is 0.966 bits per heavy atom. The van der Waals surface area contributed by atoms with Gasteiger partial charge in [-0.25, -0.2) is 0 Å². The van der Waals surface area contributed by atoms with Crippen molar-refractivity contribution in [3.8, 4) is 0 Å². The van der Waals surface area contributed by atoms with Gasteiger partial charge in [0.15, 0.2) is 0 Å². The monoisotopic (exact) mass is 490 g/mol. The van der Waals surface area contributed by atoms with Crippen molar-refractivity contribution in [3.05, 3.63) is 115 Å². The van der Waals surface area contributed by atoms with Crippen LogP contribution in [-0.2, 0) is 20.4 Å². The minimum Gasteiger partial charge on any atom is -1.00 e. The maximum atomic E-state index is 2.43. The zero-order valence-electron chi connectivity index (χ0n) is 16.0. The molecule has 0 spiro atoms. The van der Waals surface area contributed by atoms with Gasteiger partial charge in [0.25, 0.3) is 0 Å². The predicted molar refractivity (Wildman–Crippen MR) is 110 cm³/mol. The molecule has 5 heteroatoms. The van der Waals surface area contributed by atoms with Crippen LogP contribution >= 0.6 is 0 Å². The van der Waals surface area contributed by atoms with E-state index in [1.807, 2.05) is 0 Å². The summed E-state index contributed by atoms with van der Waals surface area (Å²) in [6.07, 6.45) is 6.96. The molecule has 29 heavy (non-hydrogen) atoms. The van der Waals surface area contributed by atoms with Crippen LogP contribution in [0.3, 0.4) is 0 Å². The average molecular weight is 492 g/mol. The Labute approximate surface area is 205 Å². The van der Waals surface area contributed by atoms with Gasteiger partial charge in [-0.2, -0.15) is 0 Å². The first-order chi connectivity index (χ1) is 12.7. The van der Waals surface area contributed by atoms with Gasteiger partial charge in [-0.05, 0) is 0 Å². The quantitative estimate of drug-likeness (QED) is 0.253. The van der Waals surface area contributed by atoms with Gasteiger partial charge < -0.3 is 37.2 Å². The van der Waals surface area contributed by atoms with E-state index in [1.54, 1.807) is 0 Å². The molecule has 1 aliphatic rings. The van der Waals surface area contributed by atoms with Crippen LogP contribution < -0.4 is 52.8 Å². The van der Waals surface area contributed by atoms with Gasteiger partial charge >= 0.3 is 169 Å². The van der Waals surface area contributed by atoms with E-state index < -0.39 is 8.07 Å². The van der Waals surface area contributed by atoms with Crippen molar-refractivity contribution in [3.63, 3.8) is 0 Å². The van der Waals surface area contributed by atoms with Gasteiger partial charge in [0.1, 0.15) is 0 Å². The molecule has 0 saturated carbocycles. The van der Waals surface area contributed by atoms with Gasteiger partial charge in [-0.3, -0.25) is 0 Å². The van der Waals surface area contributed by atoms with Crippen molar-refractivity contribution in [1.82, 2.24) is 0 Å². The second kappa shape index (κ2) is 10.8. The largest absolute Gasteiger partial charge is 1.00 e. The second-order valence-corrected chi connectivity index (χ2v) is 12.9. The van der Waals surface area contributed by atoms with Crippen LogP contribution in [0.4, 0.5) is 0 Å². The number of hydrogen-bond acceptors (Lipinski definition) is 0. The summed E-state index contributed by atoms with van der Waals surface area (Å²) >= 11 is 2.43. The molecule has 146 valence electrons. The van der Waals surface area contributed by atoms with Crippen LogP contribution in [0.1, 0.15) is 6.92 Å². The van der Waals surface area contributed by atoms with Crippen molar-refractivity contribution in [2.45, 2.75) is 10.3 Å². The standard InChI is InChI=1S/C24H21Si.3ClH.Ti/c1-20-12-11-19-24(20)25(21-13-5-2-6-14-21,22-15-7-3-8-16-22)23-17-9-4-10-18-23;;;;/h2-19H,1H3;3*1H;/q;;;;+3/p-3. The number of benzene rings is 3. The second-order valence-electron chi connectivity index (χ2n) is 6.86. The average Bonchev–Trinajstić information content (AvgIpc) is 3.04. The molecule has 1 unspecified atom stereocenters. The molecule has 0 amide bonds. The maximum Gasteiger partial charge on any atom is -1.00 e. The first kappa shape index (κ1) is 26.0. The van der Waals surface area contributed by atoms with Crippen LogP contribution in [0.15, 0.2) is 115 Å². The zero-order valence-corrected chi connectivity index (χ0v) is 20.9. The molecule has 1 atom stereocenters. The van der Waals surface area contributed by atoms with Crippen LogP contribution in [0.5, 0.6) is 0 Å². The van der Waals surface area contributed by atoms with Crippen LogP contribution in [0.2, 0.25) is 3.34 Å². The summed E-state index contributed by atoms with van der Waals surface area (Å²) < 4.78 is -0.00292. The Balaban J connectivity index is 0.00000140. The minimum atomic E-state index is -2.33. The Bertz CT molecular complexity index is 863. The van der Waals surface area contributed by atoms with Crippen LogP contribution in [0.25, 0.3) is 0 Å². The van der Waals surface area contributed by atoms with Crippen LogP contribution in [-0.4, -0.2) is 8.07 Å². The van der Waals surface area contributed by atoms with Crippen molar-refractivity contribution in [1.29, 1.82) is 0 Å². The third-order valence-corrected chi connectivity index (χ3v) is 13.5. The summed E-state index contributed by atoms with van der Waals surface area (Å²) in [6.45, 7) is 2.29. The molecule has 0 saturated heterocycles. The maximum absolute atomic E-state index is 2.43. The van der Waals surface area contributed by atoms with E-state index in [0.29, 0.717) is 0 Å². The molecule has 3 aromatic rings. The molecule has 0 aromatic heterocycles. The van der Waals surface area contributed by atoms with E-state index in [1.165, 1.54) is 21.1 Å². The summed E-state index contributed by atoms with van der Waals surface area (Å²) in [5, 5.41) is 4.37. The van der Waals surface area contributed by atoms with Gasteiger partial charge in [0, 0.05) is 0 Å². The van der Waals surface area contributed by atoms with Crippen LogP contribution in [0, 0.1) is 0 Å². The molecular weight excluding hydrogens is 471 g/mol.